The summed E-state index contributed by atoms with van der Waals surface area (Å²) in [6.07, 6.45) is 2.18. The van der Waals surface area contributed by atoms with E-state index in [0.29, 0.717) is 11.3 Å². The predicted molar refractivity (Wildman–Crippen MR) is 93.1 cm³/mol. The molecule has 0 saturated heterocycles. The van der Waals surface area contributed by atoms with Crippen molar-refractivity contribution in [3.05, 3.63) is 54.1 Å². The van der Waals surface area contributed by atoms with Crippen molar-refractivity contribution in [3.8, 4) is 11.5 Å². The molecule has 1 aliphatic carbocycles. The molecule has 0 spiro atoms. The van der Waals surface area contributed by atoms with Gasteiger partial charge in [-0.2, -0.15) is 0 Å². The molecule has 3 rings (SSSR count). The minimum Gasteiger partial charge on any atom is -0.480 e. The summed E-state index contributed by atoms with van der Waals surface area (Å²) in [6.45, 7) is 0. The first kappa shape index (κ1) is 16.5. The largest absolute Gasteiger partial charge is 0.480 e. The minimum atomic E-state index is -1.26. The van der Waals surface area contributed by atoms with E-state index in [2.05, 4.69) is 0 Å². The second-order valence-corrected chi connectivity index (χ2v) is 7.70. The first-order chi connectivity index (χ1) is 10.9. The summed E-state index contributed by atoms with van der Waals surface area (Å²) < 4.78 is 4.61. The van der Waals surface area contributed by atoms with Crippen molar-refractivity contribution in [2.75, 3.05) is 6.26 Å². The fourth-order valence-corrected chi connectivity index (χ4v) is 3.90. The zero-order valence-electron chi connectivity index (χ0n) is 12.3. The van der Waals surface area contributed by atoms with Crippen molar-refractivity contribution >= 4 is 40.9 Å². The summed E-state index contributed by atoms with van der Waals surface area (Å²) in [4.78, 5) is 12.6. The van der Waals surface area contributed by atoms with Crippen LogP contribution in [0.5, 0.6) is 11.5 Å². The molecule has 1 unspecified atom stereocenters. The normalized spacial score (nSPS) is 21.7. The Kier molecular flexibility index (Phi) is 4.25. The van der Waals surface area contributed by atoms with Gasteiger partial charge in [-0.05, 0) is 36.1 Å². The molecular formula is C17H14Cl2O3S. The van der Waals surface area contributed by atoms with Crippen LogP contribution in [0.25, 0.3) is 0 Å². The number of carboxylic acids is 1. The summed E-state index contributed by atoms with van der Waals surface area (Å²) in [5.74, 6) is 0.381. The molecule has 0 bridgehead atoms. The number of thioether (sulfide) groups is 1. The molecule has 1 N–H and O–H groups in total. The summed E-state index contributed by atoms with van der Waals surface area (Å²) in [5.41, 5.74) is -0.647. The van der Waals surface area contributed by atoms with Gasteiger partial charge in [0, 0.05) is 11.3 Å². The number of benzene rings is 2. The third-order valence-corrected chi connectivity index (χ3v) is 5.69. The second-order valence-electron chi connectivity index (χ2n) is 5.37. The summed E-state index contributed by atoms with van der Waals surface area (Å²) in [5, 5.41) is 9.46. The van der Waals surface area contributed by atoms with Crippen LogP contribution in [-0.4, -0.2) is 21.7 Å². The molecule has 120 valence electrons. The fourth-order valence-electron chi connectivity index (χ4n) is 2.60. The van der Waals surface area contributed by atoms with Crippen molar-refractivity contribution in [2.24, 2.45) is 0 Å². The van der Waals surface area contributed by atoms with Crippen molar-refractivity contribution in [2.45, 2.75) is 21.1 Å². The lowest BCUT2D eigenvalue weighted by Gasteiger charge is -2.15. The molecule has 0 radical (unpaired) electrons. The van der Waals surface area contributed by atoms with Gasteiger partial charge < -0.3 is 9.84 Å². The van der Waals surface area contributed by atoms with Gasteiger partial charge in [0.2, 0.25) is 0 Å². The molecular weight excluding hydrogens is 355 g/mol. The maximum absolute atomic E-state index is 11.6. The number of para-hydroxylation sites is 1. The molecule has 2 aromatic rings. The van der Waals surface area contributed by atoms with Crippen molar-refractivity contribution < 1.29 is 14.6 Å². The Labute approximate surface area is 148 Å². The van der Waals surface area contributed by atoms with Gasteiger partial charge >= 0.3 is 5.97 Å². The minimum absolute atomic E-state index is 0.202. The van der Waals surface area contributed by atoms with Gasteiger partial charge in [0.25, 0.3) is 0 Å². The van der Waals surface area contributed by atoms with E-state index >= 15 is 0 Å². The van der Waals surface area contributed by atoms with E-state index in [9.17, 15) is 9.90 Å². The van der Waals surface area contributed by atoms with E-state index in [1.54, 1.807) is 36.0 Å². The highest BCUT2D eigenvalue weighted by atomic mass is 35.5. The highest BCUT2D eigenvalue weighted by Crippen LogP contribution is 2.65. The third kappa shape index (κ3) is 2.80. The van der Waals surface area contributed by atoms with Crippen LogP contribution in [0.3, 0.4) is 0 Å². The lowest BCUT2D eigenvalue weighted by molar-refractivity contribution is -0.140. The smallest absolute Gasteiger partial charge is 0.317 e. The monoisotopic (exact) mass is 368 g/mol. The van der Waals surface area contributed by atoms with E-state index < -0.39 is 15.7 Å². The van der Waals surface area contributed by atoms with Crippen LogP contribution >= 0.6 is 35.0 Å². The van der Waals surface area contributed by atoms with Crippen LogP contribution in [-0.2, 0) is 10.2 Å². The lowest BCUT2D eigenvalue weighted by atomic mass is 9.96. The Bertz CT molecular complexity index is 746. The van der Waals surface area contributed by atoms with Crippen LogP contribution in [0.15, 0.2) is 53.4 Å². The quantitative estimate of drug-likeness (QED) is 0.588. The van der Waals surface area contributed by atoms with Crippen LogP contribution in [0, 0.1) is 0 Å². The van der Waals surface area contributed by atoms with Gasteiger partial charge in [-0.1, -0.05) is 47.5 Å². The van der Waals surface area contributed by atoms with Crippen molar-refractivity contribution in [1.82, 2.24) is 0 Å². The molecule has 0 aromatic heterocycles. The van der Waals surface area contributed by atoms with E-state index in [0.717, 1.165) is 10.6 Å². The number of carboxylic acid groups (broad SMARTS) is 1. The fraction of sp³-hybridized carbons (Fsp3) is 0.235. The number of carbonyl (C=O) groups is 1. The van der Waals surface area contributed by atoms with Crippen LogP contribution in [0.1, 0.15) is 12.0 Å². The number of alkyl halides is 2. The topological polar surface area (TPSA) is 46.5 Å². The average Bonchev–Trinajstić information content (AvgIpc) is 3.13. The second kappa shape index (κ2) is 5.93. The zero-order chi connectivity index (χ0) is 16.7. The zero-order valence-corrected chi connectivity index (χ0v) is 14.6. The SMILES string of the molecule is CSc1ccccc1Oc1ccc(C2(C(=O)O)CC2(Cl)Cl)cc1. The molecule has 1 atom stereocenters. The summed E-state index contributed by atoms with van der Waals surface area (Å²) in [6, 6.07) is 14.6. The third-order valence-electron chi connectivity index (χ3n) is 4.00. The number of rotatable bonds is 5. The summed E-state index contributed by atoms with van der Waals surface area (Å²) in [7, 11) is 0. The molecule has 1 aliphatic rings. The van der Waals surface area contributed by atoms with Crippen molar-refractivity contribution in [3.63, 3.8) is 0 Å². The highest BCUT2D eigenvalue weighted by molar-refractivity contribution is 7.98. The Morgan fingerprint density at radius 2 is 1.78 bits per heavy atom. The molecule has 3 nitrogen and oxygen atoms in total. The van der Waals surface area contributed by atoms with E-state index in [1.165, 1.54) is 0 Å². The Hall–Kier alpha value is -1.36. The number of hydrogen-bond acceptors (Lipinski definition) is 3. The van der Waals surface area contributed by atoms with Gasteiger partial charge in [0.15, 0.2) is 0 Å². The maximum atomic E-state index is 11.6. The maximum Gasteiger partial charge on any atom is 0.317 e. The van der Waals surface area contributed by atoms with Crippen molar-refractivity contribution in [1.29, 1.82) is 0 Å². The molecule has 2 aromatic carbocycles. The number of ether oxygens (including phenoxy) is 1. The molecule has 23 heavy (non-hydrogen) atoms. The van der Waals surface area contributed by atoms with Crippen LogP contribution in [0.4, 0.5) is 0 Å². The van der Waals surface area contributed by atoms with Gasteiger partial charge in [0.05, 0.1) is 0 Å². The summed E-state index contributed by atoms with van der Waals surface area (Å²) >= 11 is 13.7. The Morgan fingerprint density at radius 1 is 1.17 bits per heavy atom. The van der Waals surface area contributed by atoms with E-state index in [-0.39, 0.29) is 6.42 Å². The van der Waals surface area contributed by atoms with Gasteiger partial charge in [-0.25, -0.2) is 0 Å². The standard InChI is InChI=1S/C17H14Cl2O3S/c1-23-14-5-3-2-4-13(14)22-12-8-6-11(7-9-12)16(15(20)21)10-17(16,18)19/h2-9H,10H2,1H3,(H,20,21). The predicted octanol–water partition coefficient (Wildman–Crippen LogP) is 5.10. The van der Waals surface area contributed by atoms with Gasteiger partial charge in [-0.15, -0.1) is 11.8 Å². The highest BCUT2D eigenvalue weighted by Gasteiger charge is 2.72. The van der Waals surface area contributed by atoms with Gasteiger partial charge in [0.1, 0.15) is 21.2 Å². The number of aliphatic carboxylic acids is 1. The van der Waals surface area contributed by atoms with Crippen LogP contribution < -0.4 is 4.74 Å². The first-order valence-electron chi connectivity index (χ1n) is 6.93. The molecule has 1 saturated carbocycles. The molecule has 6 heteroatoms. The van der Waals surface area contributed by atoms with Crippen LogP contribution in [0.2, 0.25) is 0 Å². The Morgan fingerprint density at radius 3 is 2.30 bits per heavy atom. The van der Waals surface area contributed by atoms with Gasteiger partial charge in [-0.3, -0.25) is 4.79 Å². The average molecular weight is 369 g/mol. The Balaban J connectivity index is 1.85. The molecule has 0 heterocycles. The first-order valence-corrected chi connectivity index (χ1v) is 8.91. The molecule has 1 fully saturated rings. The molecule has 0 amide bonds. The number of hydrogen-bond donors (Lipinski definition) is 1. The lowest BCUT2D eigenvalue weighted by Crippen LogP contribution is -2.26. The van der Waals surface area contributed by atoms with E-state index in [1.807, 2.05) is 30.5 Å². The number of halogens is 2. The van der Waals surface area contributed by atoms with E-state index in [4.69, 9.17) is 27.9 Å². The molecule has 0 aliphatic heterocycles.